The van der Waals surface area contributed by atoms with Crippen LogP contribution in [0.2, 0.25) is 0 Å². The van der Waals surface area contributed by atoms with Gasteiger partial charge in [-0.3, -0.25) is 4.79 Å². The van der Waals surface area contributed by atoms with Gasteiger partial charge in [0.15, 0.2) is 11.6 Å². The molecule has 5 heteroatoms. The summed E-state index contributed by atoms with van der Waals surface area (Å²) in [6.07, 6.45) is -2.77. The van der Waals surface area contributed by atoms with Crippen molar-refractivity contribution in [3.05, 3.63) is 47.3 Å². The van der Waals surface area contributed by atoms with Crippen LogP contribution >= 0.6 is 0 Å². The monoisotopic (exact) mass is 284 g/mol. The number of Topliss-reactive ketones (excluding diaryl/α,β-unsaturated/α-hetero) is 1. The zero-order chi connectivity index (χ0) is 15.5. The van der Waals surface area contributed by atoms with E-state index in [0.717, 1.165) is 5.56 Å². The largest absolute Gasteiger partial charge is 0.302 e. The van der Waals surface area contributed by atoms with Crippen molar-refractivity contribution in [2.75, 3.05) is 0 Å². The molecule has 0 aliphatic rings. The summed E-state index contributed by atoms with van der Waals surface area (Å²) >= 11 is 0. The lowest BCUT2D eigenvalue weighted by atomic mass is 9.86. The summed E-state index contributed by atoms with van der Waals surface area (Å²) in [5.41, 5.74) is 0.817. The van der Waals surface area contributed by atoms with Crippen LogP contribution in [0.3, 0.4) is 0 Å². The Hall–Kier alpha value is -1.91. The molecule has 0 fully saturated rings. The highest BCUT2D eigenvalue weighted by molar-refractivity contribution is 6.07. The molecule has 0 N–H and O–H groups in total. The Bertz CT molecular complexity index is 535. The molecule has 0 aliphatic carbocycles. The van der Waals surface area contributed by atoms with E-state index in [1.54, 1.807) is 12.1 Å². The van der Waals surface area contributed by atoms with Gasteiger partial charge in [0.1, 0.15) is 12.2 Å². The standard InChI is InChI=1S/C15H15F3O2/c1-15(2,3)10-6-4-9(5-7-10)13(20)11(8-19)12(16)14(17)18/h4-8,11H,1-3H3. The summed E-state index contributed by atoms with van der Waals surface area (Å²) in [5.74, 6) is -5.06. The van der Waals surface area contributed by atoms with Gasteiger partial charge in [-0.2, -0.15) is 8.78 Å². The Labute approximate surface area is 115 Å². The molecule has 1 aromatic carbocycles. The van der Waals surface area contributed by atoms with E-state index in [2.05, 4.69) is 0 Å². The molecule has 20 heavy (non-hydrogen) atoms. The lowest BCUT2D eigenvalue weighted by Crippen LogP contribution is -2.18. The molecular formula is C15H15F3O2. The number of aldehydes is 1. The highest BCUT2D eigenvalue weighted by atomic mass is 19.3. The van der Waals surface area contributed by atoms with Gasteiger partial charge < -0.3 is 4.79 Å². The van der Waals surface area contributed by atoms with Crippen molar-refractivity contribution >= 4 is 12.1 Å². The van der Waals surface area contributed by atoms with Gasteiger partial charge in [0, 0.05) is 5.56 Å². The molecule has 0 saturated heterocycles. The Morgan fingerprint density at radius 2 is 1.60 bits per heavy atom. The quantitative estimate of drug-likeness (QED) is 0.474. The second-order valence-corrected chi connectivity index (χ2v) is 5.41. The predicted molar refractivity (Wildman–Crippen MR) is 69.4 cm³/mol. The summed E-state index contributed by atoms with van der Waals surface area (Å²) in [6, 6.07) is 6.12. The lowest BCUT2D eigenvalue weighted by Gasteiger charge is -2.19. The average molecular weight is 284 g/mol. The van der Waals surface area contributed by atoms with E-state index in [-0.39, 0.29) is 17.3 Å². The van der Waals surface area contributed by atoms with Crippen LogP contribution in [0.4, 0.5) is 13.2 Å². The van der Waals surface area contributed by atoms with Gasteiger partial charge >= 0.3 is 6.08 Å². The van der Waals surface area contributed by atoms with E-state index in [1.807, 2.05) is 20.8 Å². The fraction of sp³-hybridized carbons (Fsp3) is 0.333. The molecule has 0 spiro atoms. The van der Waals surface area contributed by atoms with Crippen molar-refractivity contribution in [2.24, 2.45) is 5.92 Å². The Morgan fingerprint density at radius 1 is 1.10 bits per heavy atom. The first kappa shape index (κ1) is 16.1. The van der Waals surface area contributed by atoms with E-state index in [0.29, 0.717) is 0 Å². The molecule has 0 bridgehead atoms. The molecule has 108 valence electrons. The zero-order valence-electron chi connectivity index (χ0n) is 11.4. The third-order valence-corrected chi connectivity index (χ3v) is 2.91. The Morgan fingerprint density at radius 3 is 1.95 bits per heavy atom. The maximum absolute atomic E-state index is 13.1. The van der Waals surface area contributed by atoms with Crippen LogP contribution in [-0.4, -0.2) is 12.1 Å². The van der Waals surface area contributed by atoms with Gasteiger partial charge in [0.2, 0.25) is 0 Å². The van der Waals surface area contributed by atoms with Crippen LogP contribution in [0.5, 0.6) is 0 Å². The molecule has 1 atom stereocenters. The number of allylic oxidation sites excluding steroid dienone is 1. The molecule has 1 aromatic rings. The van der Waals surface area contributed by atoms with Gasteiger partial charge in [-0.25, -0.2) is 4.39 Å². The fourth-order valence-corrected chi connectivity index (χ4v) is 1.67. The topological polar surface area (TPSA) is 34.1 Å². The van der Waals surface area contributed by atoms with Crippen molar-refractivity contribution in [2.45, 2.75) is 26.2 Å². The third-order valence-electron chi connectivity index (χ3n) is 2.91. The van der Waals surface area contributed by atoms with Crippen LogP contribution in [0.25, 0.3) is 0 Å². The van der Waals surface area contributed by atoms with Gasteiger partial charge in [-0.1, -0.05) is 45.0 Å². The zero-order valence-corrected chi connectivity index (χ0v) is 11.4. The second-order valence-electron chi connectivity index (χ2n) is 5.41. The van der Waals surface area contributed by atoms with Crippen molar-refractivity contribution < 1.29 is 22.8 Å². The van der Waals surface area contributed by atoms with Crippen molar-refractivity contribution in [1.29, 1.82) is 0 Å². The molecular weight excluding hydrogens is 269 g/mol. The van der Waals surface area contributed by atoms with Crippen molar-refractivity contribution in [3.63, 3.8) is 0 Å². The minimum atomic E-state index is -2.65. The van der Waals surface area contributed by atoms with Gasteiger partial charge in [-0.15, -0.1) is 0 Å². The number of halogens is 3. The summed E-state index contributed by atoms with van der Waals surface area (Å²) in [5, 5.41) is 0. The molecule has 1 unspecified atom stereocenters. The van der Waals surface area contributed by atoms with Crippen LogP contribution in [-0.2, 0) is 10.2 Å². The van der Waals surface area contributed by atoms with E-state index in [1.165, 1.54) is 12.1 Å². The molecule has 0 saturated carbocycles. The molecule has 2 nitrogen and oxygen atoms in total. The first-order valence-corrected chi connectivity index (χ1v) is 5.99. The first-order chi connectivity index (χ1) is 9.18. The van der Waals surface area contributed by atoms with E-state index in [4.69, 9.17) is 0 Å². The van der Waals surface area contributed by atoms with Crippen molar-refractivity contribution in [3.8, 4) is 0 Å². The SMILES string of the molecule is CC(C)(C)c1ccc(C(=O)C(C=O)C(F)=C(F)F)cc1. The van der Waals surface area contributed by atoms with Crippen molar-refractivity contribution in [1.82, 2.24) is 0 Å². The smallest absolute Gasteiger partial charge is 0.302 e. The third kappa shape index (κ3) is 3.56. The minimum Gasteiger partial charge on any atom is -0.302 e. The molecule has 0 heterocycles. The molecule has 0 aromatic heterocycles. The predicted octanol–water partition coefficient (Wildman–Crippen LogP) is 4.06. The number of carbonyl (C=O) groups excluding carboxylic acids is 2. The van der Waals surface area contributed by atoms with E-state index in [9.17, 15) is 22.8 Å². The number of benzene rings is 1. The second kappa shape index (κ2) is 6.03. The van der Waals surface area contributed by atoms with Crippen LogP contribution in [0.15, 0.2) is 36.2 Å². The summed E-state index contributed by atoms with van der Waals surface area (Å²) in [7, 11) is 0. The number of hydrogen-bond acceptors (Lipinski definition) is 2. The Balaban J connectivity index is 3.09. The lowest BCUT2D eigenvalue weighted by molar-refractivity contribution is -0.109. The molecule has 0 amide bonds. The fourth-order valence-electron chi connectivity index (χ4n) is 1.67. The van der Waals surface area contributed by atoms with E-state index < -0.39 is 23.6 Å². The normalized spacial score (nSPS) is 12.7. The van der Waals surface area contributed by atoms with Gasteiger partial charge in [-0.05, 0) is 11.0 Å². The highest BCUT2D eigenvalue weighted by Gasteiger charge is 2.28. The first-order valence-electron chi connectivity index (χ1n) is 5.99. The number of carbonyl (C=O) groups is 2. The molecule has 0 radical (unpaired) electrons. The van der Waals surface area contributed by atoms with Gasteiger partial charge in [0.05, 0.1) is 0 Å². The summed E-state index contributed by atoms with van der Waals surface area (Å²) < 4.78 is 37.4. The number of ketones is 1. The van der Waals surface area contributed by atoms with Gasteiger partial charge in [0.25, 0.3) is 0 Å². The highest BCUT2D eigenvalue weighted by Crippen LogP contribution is 2.25. The maximum Gasteiger partial charge on any atom is 0.302 e. The minimum absolute atomic E-state index is 0.0199. The average Bonchev–Trinajstić information content (AvgIpc) is 2.38. The van der Waals surface area contributed by atoms with Crippen LogP contribution < -0.4 is 0 Å². The molecule has 1 rings (SSSR count). The van der Waals surface area contributed by atoms with Crippen LogP contribution in [0.1, 0.15) is 36.7 Å². The number of hydrogen-bond donors (Lipinski definition) is 0. The van der Waals surface area contributed by atoms with E-state index >= 15 is 0 Å². The molecule has 0 aliphatic heterocycles. The summed E-state index contributed by atoms with van der Waals surface area (Å²) in [6.45, 7) is 5.91. The summed E-state index contributed by atoms with van der Waals surface area (Å²) in [4.78, 5) is 22.5. The Kier molecular flexibility index (Phi) is 4.87. The maximum atomic E-state index is 13.1. The number of rotatable bonds is 4. The van der Waals surface area contributed by atoms with Crippen LogP contribution in [0, 0.1) is 5.92 Å².